The van der Waals surface area contributed by atoms with Crippen molar-refractivity contribution in [3.63, 3.8) is 0 Å². The van der Waals surface area contributed by atoms with Crippen molar-refractivity contribution in [2.75, 3.05) is 0 Å². The summed E-state index contributed by atoms with van der Waals surface area (Å²) < 4.78 is 13.9. The minimum absolute atomic E-state index is 0.00813. The first-order valence-corrected chi connectivity index (χ1v) is 8.96. The van der Waals surface area contributed by atoms with Gasteiger partial charge in [-0.05, 0) is 49.1 Å². The molecule has 1 aromatic heterocycles. The lowest BCUT2D eigenvalue weighted by atomic mass is 9.82. The summed E-state index contributed by atoms with van der Waals surface area (Å²) in [5.41, 5.74) is 4.98. The molecular weight excluding hydrogens is 311 g/mol. The van der Waals surface area contributed by atoms with Crippen LogP contribution in [0, 0.1) is 5.82 Å². The number of aliphatic imine (C=N–C) groups is 1. The van der Waals surface area contributed by atoms with Crippen molar-refractivity contribution in [2.45, 2.75) is 37.6 Å². The van der Waals surface area contributed by atoms with Crippen LogP contribution >= 0.6 is 0 Å². The Balaban J connectivity index is 1.72. The zero-order valence-electron chi connectivity index (χ0n) is 14.0. The maximum Gasteiger partial charge on any atom is 0.123 e. The molecule has 3 heteroatoms. The molecule has 25 heavy (non-hydrogen) atoms. The molecular formula is C22H19FN2. The van der Waals surface area contributed by atoms with Crippen LogP contribution in [0.1, 0.15) is 42.4 Å². The van der Waals surface area contributed by atoms with E-state index in [1.807, 2.05) is 30.5 Å². The number of aromatic nitrogens is 1. The van der Waals surface area contributed by atoms with Gasteiger partial charge in [-0.25, -0.2) is 4.39 Å². The van der Waals surface area contributed by atoms with Gasteiger partial charge in [0.25, 0.3) is 0 Å². The Bertz CT molecular complexity index is 1000. The lowest BCUT2D eigenvalue weighted by molar-refractivity contribution is 0.434. The second-order valence-electron chi connectivity index (χ2n) is 7.29. The standard InChI is InChI=1S/C22H19FN2/c23-18-8-7-16-13-22(9-3-4-10-22)25-21(19(16)12-18)17-11-15-5-1-2-6-20(15)24-14-17/h1-2,5-8,11-12,14H,3-4,9-10,13H2. The number of pyridine rings is 1. The normalized spacial score (nSPS) is 18.4. The number of hydrogen-bond acceptors (Lipinski definition) is 2. The molecule has 0 N–H and O–H groups in total. The smallest absolute Gasteiger partial charge is 0.123 e. The molecule has 2 aliphatic rings. The Labute approximate surface area is 146 Å². The molecule has 0 atom stereocenters. The average Bonchev–Trinajstić information content (AvgIpc) is 3.09. The summed E-state index contributed by atoms with van der Waals surface area (Å²) >= 11 is 0. The lowest BCUT2D eigenvalue weighted by Crippen LogP contribution is -2.32. The second kappa shape index (κ2) is 5.48. The van der Waals surface area contributed by atoms with Crippen LogP contribution in [0.4, 0.5) is 4.39 Å². The predicted molar refractivity (Wildman–Crippen MR) is 98.7 cm³/mol. The van der Waals surface area contributed by atoms with E-state index in [1.165, 1.54) is 18.4 Å². The summed E-state index contributed by atoms with van der Waals surface area (Å²) in [6.07, 6.45) is 7.49. The van der Waals surface area contributed by atoms with Gasteiger partial charge in [-0.1, -0.05) is 37.1 Å². The summed E-state index contributed by atoms with van der Waals surface area (Å²) in [4.78, 5) is 9.77. The highest BCUT2D eigenvalue weighted by molar-refractivity contribution is 6.15. The third-order valence-electron chi connectivity index (χ3n) is 5.59. The zero-order valence-corrected chi connectivity index (χ0v) is 14.0. The fourth-order valence-corrected chi connectivity index (χ4v) is 4.36. The Morgan fingerprint density at radius 2 is 1.80 bits per heavy atom. The van der Waals surface area contributed by atoms with Crippen molar-refractivity contribution in [1.82, 2.24) is 4.98 Å². The first kappa shape index (κ1) is 14.8. The van der Waals surface area contributed by atoms with Gasteiger partial charge in [-0.2, -0.15) is 0 Å². The van der Waals surface area contributed by atoms with Gasteiger partial charge >= 0.3 is 0 Å². The van der Waals surface area contributed by atoms with E-state index in [-0.39, 0.29) is 11.4 Å². The largest absolute Gasteiger partial charge is 0.277 e. The van der Waals surface area contributed by atoms with Crippen molar-refractivity contribution in [1.29, 1.82) is 0 Å². The topological polar surface area (TPSA) is 25.2 Å². The van der Waals surface area contributed by atoms with Crippen LogP contribution in [0.15, 0.2) is 59.7 Å². The van der Waals surface area contributed by atoms with Gasteiger partial charge in [-0.3, -0.25) is 9.98 Å². The van der Waals surface area contributed by atoms with E-state index >= 15 is 0 Å². The van der Waals surface area contributed by atoms with E-state index in [0.717, 1.165) is 47.0 Å². The molecule has 124 valence electrons. The van der Waals surface area contributed by atoms with Gasteiger partial charge in [0.2, 0.25) is 0 Å². The molecule has 0 radical (unpaired) electrons. The monoisotopic (exact) mass is 330 g/mol. The van der Waals surface area contributed by atoms with Crippen LogP contribution in [0.2, 0.25) is 0 Å². The summed E-state index contributed by atoms with van der Waals surface area (Å²) in [6, 6.07) is 15.3. The summed E-state index contributed by atoms with van der Waals surface area (Å²) in [5, 5.41) is 1.09. The molecule has 2 nitrogen and oxygen atoms in total. The van der Waals surface area contributed by atoms with Crippen LogP contribution in [-0.2, 0) is 6.42 Å². The van der Waals surface area contributed by atoms with E-state index in [1.54, 1.807) is 12.1 Å². The molecule has 1 fully saturated rings. The number of halogens is 1. The van der Waals surface area contributed by atoms with Gasteiger partial charge in [0, 0.05) is 22.7 Å². The molecule has 0 amide bonds. The fraction of sp³-hybridized carbons (Fsp3) is 0.273. The highest BCUT2D eigenvalue weighted by Crippen LogP contribution is 2.41. The van der Waals surface area contributed by atoms with Gasteiger partial charge in [0.1, 0.15) is 5.82 Å². The molecule has 3 aromatic rings. The van der Waals surface area contributed by atoms with Crippen molar-refractivity contribution < 1.29 is 4.39 Å². The maximum absolute atomic E-state index is 13.9. The number of fused-ring (bicyclic) bond motifs is 2. The minimum Gasteiger partial charge on any atom is -0.277 e. The molecule has 1 aliphatic carbocycles. The predicted octanol–water partition coefficient (Wildman–Crippen LogP) is 5.08. The van der Waals surface area contributed by atoms with Crippen molar-refractivity contribution in [3.8, 4) is 0 Å². The number of rotatable bonds is 1. The lowest BCUT2D eigenvalue weighted by Gasteiger charge is -2.32. The molecule has 0 bridgehead atoms. The van der Waals surface area contributed by atoms with Crippen LogP contribution < -0.4 is 0 Å². The minimum atomic E-state index is -0.206. The zero-order chi connectivity index (χ0) is 16.9. The first-order valence-electron chi connectivity index (χ1n) is 8.96. The van der Waals surface area contributed by atoms with E-state index < -0.39 is 0 Å². The van der Waals surface area contributed by atoms with E-state index in [0.29, 0.717) is 0 Å². The van der Waals surface area contributed by atoms with Crippen molar-refractivity contribution >= 4 is 16.6 Å². The van der Waals surface area contributed by atoms with Crippen LogP contribution in [0.3, 0.4) is 0 Å². The van der Waals surface area contributed by atoms with Crippen LogP contribution in [-0.4, -0.2) is 16.2 Å². The molecule has 2 aromatic carbocycles. The number of para-hydroxylation sites is 1. The summed E-state index contributed by atoms with van der Waals surface area (Å²) in [7, 11) is 0. The highest BCUT2D eigenvalue weighted by Gasteiger charge is 2.38. The fourth-order valence-electron chi connectivity index (χ4n) is 4.36. The quantitative estimate of drug-likeness (QED) is 0.611. The van der Waals surface area contributed by atoms with Crippen molar-refractivity contribution in [2.24, 2.45) is 4.99 Å². The average molecular weight is 330 g/mol. The van der Waals surface area contributed by atoms with Crippen molar-refractivity contribution in [3.05, 3.63) is 77.2 Å². The molecule has 5 rings (SSSR count). The van der Waals surface area contributed by atoms with Crippen LogP contribution in [0.5, 0.6) is 0 Å². The number of hydrogen-bond donors (Lipinski definition) is 0. The Hall–Kier alpha value is -2.55. The molecule has 1 aliphatic heterocycles. The first-order chi connectivity index (χ1) is 12.2. The van der Waals surface area contributed by atoms with E-state index in [2.05, 4.69) is 17.1 Å². The molecule has 1 saturated carbocycles. The van der Waals surface area contributed by atoms with Gasteiger partial charge < -0.3 is 0 Å². The molecule has 1 spiro atoms. The Morgan fingerprint density at radius 1 is 0.960 bits per heavy atom. The number of nitrogens with zero attached hydrogens (tertiary/aromatic N) is 2. The number of benzene rings is 2. The highest BCUT2D eigenvalue weighted by atomic mass is 19.1. The van der Waals surface area contributed by atoms with E-state index in [4.69, 9.17) is 4.99 Å². The Kier molecular flexibility index (Phi) is 3.24. The summed E-state index contributed by atoms with van der Waals surface area (Å²) in [6.45, 7) is 0. The molecule has 0 saturated heterocycles. The third kappa shape index (κ3) is 2.46. The van der Waals surface area contributed by atoms with Crippen LogP contribution in [0.25, 0.3) is 10.9 Å². The van der Waals surface area contributed by atoms with Gasteiger partial charge in [-0.15, -0.1) is 0 Å². The maximum atomic E-state index is 13.9. The van der Waals surface area contributed by atoms with Gasteiger partial charge in [0.05, 0.1) is 16.8 Å². The van der Waals surface area contributed by atoms with E-state index in [9.17, 15) is 4.39 Å². The SMILES string of the molecule is Fc1ccc2c(c1)C(c1cnc3ccccc3c1)=NC1(CCCC1)C2. The Morgan fingerprint density at radius 3 is 2.68 bits per heavy atom. The molecule has 2 heterocycles. The van der Waals surface area contributed by atoms with Gasteiger partial charge in [0.15, 0.2) is 0 Å². The molecule has 0 unspecified atom stereocenters. The third-order valence-corrected chi connectivity index (χ3v) is 5.59. The second-order valence-corrected chi connectivity index (χ2v) is 7.29. The summed E-state index contributed by atoms with van der Waals surface area (Å²) in [5.74, 6) is -0.206.